The summed E-state index contributed by atoms with van der Waals surface area (Å²) >= 11 is 2.81. The lowest BCUT2D eigenvalue weighted by Crippen LogP contribution is -2.29. The number of thiophene rings is 1. The fourth-order valence-corrected chi connectivity index (χ4v) is 7.09. The van der Waals surface area contributed by atoms with Crippen LogP contribution in [0.4, 0.5) is 0 Å². The van der Waals surface area contributed by atoms with Gasteiger partial charge in [-0.1, -0.05) is 59.8 Å². The number of rotatable bonds is 12. The maximum atomic E-state index is 14.0. The normalized spacial score (nSPS) is 14.0. The van der Waals surface area contributed by atoms with Gasteiger partial charge in [-0.15, -0.1) is 21.5 Å². The molecular formula is C35H34N6O5S2. The van der Waals surface area contributed by atoms with Crippen LogP contribution in [0, 0.1) is 6.92 Å². The number of aromatic nitrogens is 3. The number of ether oxygens (including phenoxy) is 3. The van der Waals surface area contributed by atoms with Gasteiger partial charge in [0.1, 0.15) is 5.75 Å². The molecule has 0 radical (unpaired) electrons. The predicted molar refractivity (Wildman–Crippen MR) is 186 cm³/mol. The van der Waals surface area contributed by atoms with Crippen LogP contribution < -0.4 is 19.5 Å². The third-order valence-electron chi connectivity index (χ3n) is 7.80. The van der Waals surface area contributed by atoms with Crippen molar-refractivity contribution in [2.75, 3.05) is 27.1 Å². The third-order valence-corrected chi connectivity index (χ3v) is 9.63. The number of hydrogen-bond donors (Lipinski definition) is 1. The molecule has 5 aromatic rings. The molecule has 1 N–H and O–H groups in total. The highest BCUT2D eigenvalue weighted by atomic mass is 32.2. The lowest BCUT2D eigenvalue weighted by atomic mass is 9.99. The fourth-order valence-electron chi connectivity index (χ4n) is 5.55. The molecule has 0 saturated heterocycles. The van der Waals surface area contributed by atoms with Crippen molar-refractivity contribution in [2.45, 2.75) is 31.1 Å². The smallest absolute Gasteiger partial charge is 0.253 e. The molecule has 246 valence electrons. The van der Waals surface area contributed by atoms with Gasteiger partial charge in [0.05, 0.1) is 55.9 Å². The van der Waals surface area contributed by atoms with Crippen molar-refractivity contribution in [3.05, 3.63) is 112 Å². The molecule has 6 rings (SSSR count). The van der Waals surface area contributed by atoms with E-state index in [1.165, 1.54) is 16.8 Å². The summed E-state index contributed by atoms with van der Waals surface area (Å²) in [4.78, 5) is 28.0. The van der Waals surface area contributed by atoms with Gasteiger partial charge in [0.25, 0.3) is 11.8 Å². The summed E-state index contributed by atoms with van der Waals surface area (Å²) in [5.41, 5.74) is 3.84. The molecule has 3 heterocycles. The van der Waals surface area contributed by atoms with Crippen molar-refractivity contribution < 1.29 is 23.8 Å². The summed E-state index contributed by atoms with van der Waals surface area (Å²) in [5, 5.41) is 20.6. The largest absolute Gasteiger partial charge is 0.495 e. The zero-order chi connectivity index (χ0) is 33.6. The number of nitrogens with one attached hydrogen (secondary N) is 1. The number of methoxy groups -OCH3 is 3. The Kier molecular flexibility index (Phi) is 10.1. The Balaban J connectivity index is 1.28. The topological polar surface area (TPSA) is 120 Å². The molecule has 1 aliphatic rings. The van der Waals surface area contributed by atoms with E-state index in [-0.39, 0.29) is 24.1 Å². The molecule has 0 aliphatic carbocycles. The van der Waals surface area contributed by atoms with Gasteiger partial charge in [0, 0.05) is 17.5 Å². The summed E-state index contributed by atoms with van der Waals surface area (Å²) in [6.45, 7) is 2.04. The van der Waals surface area contributed by atoms with Gasteiger partial charge in [-0.05, 0) is 48.7 Å². The number of carbonyl (C=O) groups is 2. The number of nitrogens with zero attached hydrogens (tertiary/aromatic N) is 5. The van der Waals surface area contributed by atoms with Gasteiger partial charge in [0.2, 0.25) is 0 Å². The first-order chi connectivity index (χ1) is 23.4. The molecule has 1 atom stereocenters. The average molecular weight is 683 g/mol. The highest BCUT2D eigenvalue weighted by Gasteiger charge is 2.36. The van der Waals surface area contributed by atoms with Crippen LogP contribution in [0.15, 0.2) is 94.5 Å². The second-order valence-electron chi connectivity index (χ2n) is 10.8. The van der Waals surface area contributed by atoms with E-state index in [0.717, 1.165) is 21.7 Å². The monoisotopic (exact) mass is 682 g/mol. The van der Waals surface area contributed by atoms with Crippen LogP contribution in [0.3, 0.4) is 0 Å². The average Bonchev–Trinajstić information content (AvgIpc) is 3.89. The molecule has 2 amide bonds. The second kappa shape index (κ2) is 14.7. The molecule has 13 heteroatoms. The fraction of sp³-hybridized carbons (Fsp3) is 0.229. The van der Waals surface area contributed by atoms with Crippen molar-refractivity contribution in [2.24, 2.45) is 5.10 Å². The zero-order valence-electron chi connectivity index (χ0n) is 26.9. The van der Waals surface area contributed by atoms with Gasteiger partial charge in [-0.3, -0.25) is 14.2 Å². The van der Waals surface area contributed by atoms with E-state index in [2.05, 4.69) is 15.5 Å². The van der Waals surface area contributed by atoms with E-state index in [9.17, 15) is 9.59 Å². The second-order valence-corrected chi connectivity index (χ2v) is 12.7. The Morgan fingerprint density at radius 3 is 2.48 bits per heavy atom. The predicted octanol–water partition coefficient (Wildman–Crippen LogP) is 6.06. The Morgan fingerprint density at radius 1 is 0.938 bits per heavy atom. The molecule has 3 aromatic carbocycles. The Morgan fingerprint density at radius 2 is 1.73 bits per heavy atom. The minimum Gasteiger partial charge on any atom is -0.495 e. The minimum absolute atomic E-state index is 0.0208. The summed E-state index contributed by atoms with van der Waals surface area (Å²) in [5.74, 6) is 1.78. The third kappa shape index (κ3) is 6.78. The number of thioether (sulfide) groups is 1. The Bertz CT molecular complexity index is 1960. The number of hydrazone groups is 1. The van der Waals surface area contributed by atoms with E-state index in [1.54, 1.807) is 43.3 Å². The van der Waals surface area contributed by atoms with Crippen LogP contribution >= 0.6 is 23.1 Å². The molecule has 1 aliphatic heterocycles. The maximum absolute atomic E-state index is 14.0. The van der Waals surface area contributed by atoms with Gasteiger partial charge < -0.3 is 19.5 Å². The Hall–Kier alpha value is -5.14. The summed E-state index contributed by atoms with van der Waals surface area (Å²) in [7, 11) is 4.76. The molecule has 11 nitrogen and oxygen atoms in total. The number of benzene rings is 3. The molecule has 0 spiro atoms. The van der Waals surface area contributed by atoms with E-state index >= 15 is 0 Å². The van der Waals surface area contributed by atoms with Crippen LogP contribution in [0.5, 0.6) is 17.2 Å². The molecule has 0 saturated carbocycles. The zero-order valence-corrected chi connectivity index (χ0v) is 28.5. The summed E-state index contributed by atoms with van der Waals surface area (Å²) in [6, 6.07) is 24.0. The van der Waals surface area contributed by atoms with E-state index in [1.807, 2.05) is 85.1 Å². The van der Waals surface area contributed by atoms with Gasteiger partial charge in [0.15, 0.2) is 22.5 Å². The number of hydrogen-bond acceptors (Lipinski definition) is 10. The summed E-state index contributed by atoms with van der Waals surface area (Å²) in [6.07, 6.45) is 0.516. The number of para-hydroxylation sites is 3. The van der Waals surface area contributed by atoms with Crippen molar-refractivity contribution >= 4 is 40.6 Å². The summed E-state index contributed by atoms with van der Waals surface area (Å²) < 4.78 is 18.8. The molecule has 2 aromatic heterocycles. The van der Waals surface area contributed by atoms with Crippen molar-refractivity contribution in [1.29, 1.82) is 0 Å². The molecule has 0 unspecified atom stereocenters. The molecule has 0 fully saturated rings. The maximum Gasteiger partial charge on any atom is 0.253 e. The standard InChI is InChI=1S/C35H34N6O5S2/c1-22-10-7-11-23(18-22)34(43)36-20-31-37-38-35(40(31)26-13-5-6-14-28(26)44-2)48-21-32(42)41-27(19-25(39-41)30-16-9-17-47-30)24-12-8-15-29(45-3)33(24)46-4/h5-18,27H,19-21H2,1-4H3,(H,36,43)/t27-/m0/s1. The van der Waals surface area contributed by atoms with E-state index in [4.69, 9.17) is 19.3 Å². The van der Waals surface area contributed by atoms with E-state index in [0.29, 0.717) is 45.9 Å². The SMILES string of the molecule is COc1ccccc1-n1c(CNC(=O)c2cccc(C)c2)nnc1SCC(=O)N1N=C(c2cccs2)C[C@H]1c1cccc(OC)c1OC. The van der Waals surface area contributed by atoms with E-state index < -0.39 is 6.04 Å². The van der Waals surface area contributed by atoms with Gasteiger partial charge in [-0.25, -0.2) is 5.01 Å². The van der Waals surface area contributed by atoms with Gasteiger partial charge >= 0.3 is 0 Å². The number of carbonyl (C=O) groups excluding carboxylic acids is 2. The first kappa shape index (κ1) is 32.8. The minimum atomic E-state index is -0.403. The van der Waals surface area contributed by atoms with Crippen LogP contribution in [-0.4, -0.2) is 64.4 Å². The lowest BCUT2D eigenvalue weighted by Gasteiger charge is -2.24. The quantitative estimate of drug-likeness (QED) is 0.158. The number of amides is 2. The number of aryl methyl sites for hydroxylation is 1. The van der Waals surface area contributed by atoms with Crippen LogP contribution in [-0.2, 0) is 11.3 Å². The highest BCUT2D eigenvalue weighted by molar-refractivity contribution is 7.99. The van der Waals surface area contributed by atoms with Crippen LogP contribution in [0.1, 0.15) is 44.6 Å². The molecular weight excluding hydrogens is 649 g/mol. The highest BCUT2D eigenvalue weighted by Crippen LogP contribution is 2.42. The van der Waals surface area contributed by atoms with Crippen LogP contribution in [0.2, 0.25) is 0 Å². The lowest BCUT2D eigenvalue weighted by molar-refractivity contribution is -0.130. The first-order valence-corrected chi connectivity index (χ1v) is 17.0. The van der Waals surface area contributed by atoms with Crippen LogP contribution in [0.25, 0.3) is 5.69 Å². The first-order valence-electron chi connectivity index (χ1n) is 15.1. The van der Waals surface area contributed by atoms with Crippen molar-refractivity contribution in [3.63, 3.8) is 0 Å². The van der Waals surface area contributed by atoms with Gasteiger partial charge in [-0.2, -0.15) is 5.10 Å². The molecule has 0 bridgehead atoms. The Labute approximate surface area is 286 Å². The molecule has 48 heavy (non-hydrogen) atoms. The van der Waals surface area contributed by atoms with Crippen molar-refractivity contribution in [3.8, 4) is 22.9 Å². The van der Waals surface area contributed by atoms with Crippen molar-refractivity contribution in [1.82, 2.24) is 25.1 Å².